The summed E-state index contributed by atoms with van der Waals surface area (Å²) < 4.78 is 15.4. The molecule has 174 valence electrons. The second kappa shape index (κ2) is 8.40. The van der Waals surface area contributed by atoms with Crippen LogP contribution < -0.4 is 15.0 Å². The fraction of sp³-hybridized carbons (Fsp3) is 0.320. The summed E-state index contributed by atoms with van der Waals surface area (Å²) in [6.07, 6.45) is 7.59. The Morgan fingerprint density at radius 2 is 1.94 bits per heavy atom. The van der Waals surface area contributed by atoms with Crippen LogP contribution in [0.5, 0.6) is 23.3 Å². The molecule has 0 spiro atoms. The molecule has 1 fully saturated rings. The number of imidazole rings is 1. The molecule has 0 radical (unpaired) electrons. The number of hydrogen-bond donors (Lipinski definition) is 0. The number of nitrogens with zero attached hydrogens (tertiary/aromatic N) is 5. The fourth-order valence-electron chi connectivity index (χ4n) is 4.02. The summed E-state index contributed by atoms with van der Waals surface area (Å²) >= 11 is 0. The number of carbonyl (C=O) groups is 1. The highest BCUT2D eigenvalue weighted by Crippen LogP contribution is 2.40. The van der Waals surface area contributed by atoms with Gasteiger partial charge >= 0.3 is 6.01 Å². The predicted octanol–water partition coefficient (Wildman–Crippen LogP) is 3.96. The van der Waals surface area contributed by atoms with E-state index in [1.807, 2.05) is 26.2 Å². The van der Waals surface area contributed by atoms with Crippen LogP contribution in [0.25, 0.3) is 11.2 Å². The third kappa shape index (κ3) is 4.16. The van der Waals surface area contributed by atoms with Crippen LogP contribution in [-0.4, -0.2) is 29.9 Å². The van der Waals surface area contributed by atoms with Gasteiger partial charge in [0.05, 0.1) is 17.4 Å². The van der Waals surface area contributed by atoms with Gasteiger partial charge in [0.15, 0.2) is 17.1 Å². The lowest BCUT2D eigenvalue weighted by molar-refractivity contribution is -0.116. The van der Waals surface area contributed by atoms with E-state index in [9.17, 15) is 9.59 Å². The van der Waals surface area contributed by atoms with Gasteiger partial charge in [-0.2, -0.15) is 4.98 Å². The summed E-state index contributed by atoms with van der Waals surface area (Å²) in [4.78, 5) is 37.2. The van der Waals surface area contributed by atoms with Gasteiger partial charge in [0.1, 0.15) is 11.5 Å². The molecule has 0 aliphatic heterocycles. The van der Waals surface area contributed by atoms with Gasteiger partial charge < -0.3 is 14.0 Å². The number of aromatic nitrogens is 5. The van der Waals surface area contributed by atoms with Gasteiger partial charge in [-0.1, -0.05) is 0 Å². The van der Waals surface area contributed by atoms with E-state index in [-0.39, 0.29) is 29.5 Å². The number of hydrogen-bond acceptors (Lipinski definition) is 7. The highest BCUT2D eigenvalue weighted by molar-refractivity contribution is 5.79. The molecule has 0 bridgehead atoms. The Bertz CT molecular complexity index is 1480. The summed E-state index contributed by atoms with van der Waals surface area (Å²) in [5, 5.41) is 0. The molecule has 9 heteroatoms. The van der Waals surface area contributed by atoms with Crippen LogP contribution in [0.3, 0.4) is 0 Å². The van der Waals surface area contributed by atoms with Gasteiger partial charge in [0.2, 0.25) is 0 Å². The van der Waals surface area contributed by atoms with Crippen molar-refractivity contribution in [3.63, 3.8) is 0 Å². The van der Waals surface area contributed by atoms with Crippen molar-refractivity contribution in [3.8, 4) is 23.3 Å². The number of Topliss-reactive ketones (excluding diaryl/α,β-unsaturated/α-hetero) is 1. The van der Waals surface area contributed by atoms with Crippen LogP contribution >= 0.6 is 0 Å². The Kier molecular flexibility index (Phi) is 5.39. The van der Waals surface area contributed by atoms with Crippen molar-refractivity contribution in [1.82, 2.24) is 24.1 Å². The lowest BCUT2D eigenvalue weighted by atomic mass is 10.2. The third-order valence-electron chi connectivity index (χ3n) is 5.93. The van der Waals surface area contributed by atoms with Crippen LogP contribution in [0.15, 0.2) is 41.6 Å². The second-order valence-corrected chi connectivity index (χ2v) is 8.77. The molecule has 0 N–H and O–H groups in total. The Morgan fingerprint density at radius 3 is 2.68 bits per heavy atom. The third-order valence-corrected chi connectivity index (χ3v) is 5.93. The molecule has 4 heterocycles. The van der Waals surface area contributed by atoms with Crippen molar-refractivity contribution in [2.24, 2.45) is 14.1 Å². The average Bonchev–Trinajstić information content (AvgIpc) is 3.58. The maximum Gasteiger partial charge on any atom is 0.304 e. The van der Waals surface area contributed by atoms with Crippen molar-refractivity contribution in [2.45, 2.75) is 39.0 Å². The minimum Gasteiger partial charge on any atom is -0.455 e. The lowest BCUT2D eigenvalue weighted by Crippen LogP contribution is -2.18. The summed E-state index contributed by atoms with van der Waals surface area (Å²) in [5.41, 5.74) is 3.57. The number of pyridine rings is 3. The van der Waals surface area contributed by atoms with E-state index in [0.29, 0.717) is 28.8 Å². The summed E-state index contributed by atoms with van der Waals surface area (Å²) in [5.74, 6) is 1.88. The molecule has 34 heavy (non-hydrogen) atoms. The number of fused-ring (bicyclic) bond motifs is 1. The van der Waals surface area contributed by atoms with Crippen LogP contribution in [0, 0.1) is 6.92 Å². The van der Waals surface area contributed by atoms with Gasteiger partial charge in [-0.3, -0.25) is 19.1 Å². The Balaban J connectivity index is 1.47. The summed E-state index contributed by atoms with van der Waals surface area (Å²) in [6.45, 7) is 3.44. The molecular weight excluding hydrogens is 434 g/mol. The zero-order valence-corrected chi connectivity index (χ0v) is 19.5. The quantitative estimate of drug-likeness (QED) is 0.412. The van der Waals surface area contributed by atoms with Crippen molar-refractivity contribution < 1.29 is 14.3 Å². The van der Waals surface area contributed by atoms with Gasteiger partial charge in [-0.25, -0.2) is 4.98 Å². The molecule has 1 saturated carbocycles. The molecule has 1 aliphatic rings. The zero-order chi connectivity index (χ0) is 24.0. The van der Waals surface area contributed by atoms with E-state index in [4.69, 9.17) is 9.47 Å². The van der Waals surface area contributed by atoms with E-state index in [0.717, 1.165) is 29.5 Å². The van der Waals surface area contributed by atoms with Crippen LogP contribution in [-0.2, 0) is 25.3 Å². The van der Waals surface area contributed by atoms with Gasteiger partial charge in [-0.15, -0.1) is 0 Å². The highest BCUT2D eigenvalue weighted by Gasteiger charge is 2.26. The Labute approximate surface area is 196 Å². The molecule has 0 aromatic carbocycles. The maximum atomic E-state index is 12.7. The first-order valence-electron chi connectivity index (χ1n) is 11.1. The second-order valence-electron chi connectivity index (χ2n) is 8.77. The van der Waals surface area contributed by atoms with Crippen LogP contribution in [0.4, 0.5) is 0 Å². The average molecular weight is 460 g/mol. The van der Waals surface area contributed by atoms with Crippen LogP contribution in [0.1, 0.15) is 42.5 Å². The molecule has 0 unspecified atom stereocenters. The Hall–Kier alpha value is -4.01. The minimum absolute atomic E-state index is 0.0313. The first kappa shape index (κ1) is 21.8. The topological polar surface area (TPSA) is 101 Å². The van der Waals surface area contributed by atoms with E-state index in [1.165, 1.54) is 6.92 Å². The molecule has 9 nitrogen and oxygen atoms in total. The predicted molar refractivity (Wildman–Crippen MR) is 126 cm³/mol. The Morgan fingerprint density at radius 1 is 1.15 bits per heavy atom. The monoisotopic (exact) mass is 459 g/mol. The lowest BCUT2D eigenvalue weighted by Gasteiger charge is -2.11. The molecule has 0 amide bonds. The largest absolute Gasteiger partial charge is 0.455 e. The van der Waals surface area contributed by atoms with E-state index in [2.05, 4.69) is 15.0 Å². The summed E-state index contributed by atoms with van der Waals surface area (Å²) in [6, 6.07) is 5.57. The smallest absolute Gasteiger partial charge is 0.304 e. The zero-order valence-electron chi connectivity index (χ0n) is 19.5. The van der Waals surface area contributed by atoms with Crippen molar-refractivity contribution in [3.05, 3.63) is 64.0 Å². The SMILES string of the molecule is CC(=O)Cc1cc(Oc2cnc3nc(Oc4cc(C5CC5)cn(C)c4=O)n(C)c3c2C)ccn1. The standard InChI is InChI=1S/C25H25N5O4/c1-14(31)9-18-11-19(7-8-26-18)33-21-12-27-23-22(15(21)2)30(4)25(28-23)34-20-10-17(16-5-6-16)13-29(3)24(20)32/h7-8,10-13,16H,5-6,9H2,1-4H3. The first-order chi connectivity index (χ1) is 16.3. The highest BCUT2D eigenvalue weighted by atomic mass is 16.5. The molecule has 5 rings (SSSR count). The number of rotatable bonds is 7. The number of ether oxygens (including phenoxy) is 2. The molecule has 4 aromatic heterocycles. The number of ketones is 1. The van der Waals surface area contributed by atoms with Gasteiger partial charge in [0, 0.05) is 44.5 Å². The fourth-order valence-corrected chi connectivity index (χ4v) is 4.02. The number of aryl methyl sites for hydroxylation is 3. The van der Waals surface area contributed by atoms with Crippen molar-refractivity contribution >= 4 is 16.9 Å². The summed E-state index contributed by atoms with van der Waals surface area (Å²) in [7, 11) is 3.54. The first-order valence-corrected chi connectivity index (χ1v) is 11.1. The van der Waals surface area contributed by atoms with E-state index < -0.39 is 0 Å². The molecule has 0 saturated heterocycles. The van der Waals surface area contributed by atoms with E-state index in [1.54, 1.807) is 40.7 Å². The maximum absolute atomic E-state index is 12.7. The molecular formula is C25H25N5O4. The van der Waals surface area contributed by atoms with Crippen molar-refractivity contribution in [2.75, 3.05) is 0 Å². The van der Waals surface area contributed by atoms with Crippen molar-refractivity contribution in [1.29, 1.82) is 0 Å². The molecule has 1 aliphatic carbocycles. The van der Waals surface area contributed by atoms with Crippen LogP contribution in [0.2, 0.25) is 0 Å². The number of carbonyl (C=O) groups excluding carboxylic acids is 1. The molecule has 0 atom stereocenters. The molecule has 4 aromatic rings. The van der Waals surface area contributed by atoms with Gasteiger partial charge in [-0.05, 0) is 50.3 Å². The normalized spacial score (nSPS) is 13.3. The van der Waals surface area contributed by atoms with E-state index >= 15 is 0 Å². The minimum atomic E-state index is -0.218. The van der Waals surface area contributed by atoms with Gasteiger partial charge in [0.25, 0.3) is 5.56 Å².